The van der Waals surface area contributed by atoms with Crippen molar-refractivity contribution >= 4 is 5.91 Å². The van der Waals surface area contributed by atoms with Crippen LogP contribution in [-0.4, -0.2) is 52.4 Å². The molecule has 1 atom stereocenters. The van der Waals surface area contributed by atoms with Gasteiger partial charge in [0.25, 0.3) is 0 Å². The van der Waals surface area contributed by atoms with Gasteiger partial charge in [-0.15, -0.1) is 0 Å². The lowest BCUT2D eigenvalue weighted by Gasteiger charge is -2.42. The Kier molecular flexibility index (Phi) is 4.50. The van der Waals surface area contributed by atoms with Gasteiger partial charge in [0.2, 0.25) is 5.91 Å². The molecule has 0 aromatic carbocycles. The van der Waals surface area contributed by atoms with Crippen LogP contribution in [0.2, 0.25) is 0 Å². The number of hydrogen-bond acceptors (Lipinski definition) is 4. The van der Waals surface area contributed by atoms with Gasteiger partial charge >= 0.3 is 0 Å². The number of pyridine rings is 1. The molecule has 0 aliphatic carbocycles. The van der Waals surface area contributed by atoms with Crippen molar-refractivity contribution in [3.8, 4) is 0 Å². The van der Waals surface area contributed by atoms with E-state index >= 15 is 0 Å². The standard InChI is InChI=1S/C14H22N4O/c1-11(2)18-8-7-17(10-13(18)14(15)19)9-12-3-5-16-6-4-12/h3-6,11,13H,7-10H2,1-2H3,(H2,15,19)/t13-/m0/s1. The number of piperazine rings is 1. The second-order valence-corrected chi connectivity index (χ2v) is 5.34. The Morgan fingerprint density at radius 2 is 2.11 bits per heavy atom. The zero-order chi connectivity index (χ0) is 13.8. The Balaban J connectivity index is 2.01. The molecule has 1 aromatic rings. The molecule has 0 unspecified atom stereocenters. The first kappa shape index (κ1) is 14.0. The van der Waals surface area contributed by atoms with Crippen molar-refractivity contribution < 1.29 is 4.79 Å². The minimum Gasteiger partial charge on any atom is -0.368 e. The molecule has 1 aromatic heterocycles. The second-order valence-electron chi connectivity index (χ2n) is 5.34. The third kappa shape index (κ3) is 3.52. The maximum Gasteiger partial charge on any atom is 0.236 e. The van der Waals surface area contributed by atoms with Gasteiger partial charge in [0.1, 0.15) is 6.04 Å². The molecular weight excluding hydrogens is 240 g/mol. The van der Waals surface area contributed by atoms with E-state index in [-0.39, 0.29) is 11.9 Å². The number of rotatable bonds is 4. The molecule has 2 rings (SSSR count). The fourth-order valence-electron chi connectivity index (χ4n) is 2.61. The van der Waals surface area contributed by atoms with E-state index in [1.54, 1.807) is 12.4 Å². The first-order valence-electron chi connectivity index (χ1n) is 6.74. The van der Waals surface area contributed by atoms with Gasteiger partial charge in [-0.3, -0.25) is 19.6 Å². The number of carbonyl (C=O) groups is 1. The summed E-state index contributed by atoms with van der Waals surface area (Å²) in [6, 6.07) is 4.18. The topological polar surface area (TPSA) is 62.5 Å². The molecule has 1 fully saturated rings. The molecule has 1 aliphatic rings. The van der Waals surface area contributed by atoms with E-state index in [1.165, 1.54) is 5.56 Å². The third-order valence-electron chi connectivity index (χ3n) is 3.65. The minimum absolute atomic E-state index is 0.185. The van der Waals surface area contributed by atoms with Gasteiger partial charge in [0.15, 0.2) is 0 Å². The molecule has 1 aliphatic heterocycles. The van der Waals surface area contributed by atoms with Crippen molar-refractivity contribution in [2.24, 2.45) is 5.73 Å². The Morgan fingerprint density at radius 3 is 2.68 bits per heavy atom. The Bertz CT molecular complexity index is 421. The van der Waals surface area contributed by atoms with Gasteiger partial charge in [0.05, 0.1) is 0 Å². The van der Waals surface area contributed by atoms with Gasteiger partial charge in [0, 0.05) is 44.6 Å². The van der Waals surface area contributed by atoms with Crippen LogP contribution in [-0.2, 0) is 11.3 Å². The highest BCUT2D eigenvalue weighted by molar-refractivity contribution is 5.80. The lowest BCUT2D eigenvalue weighted by Crippen LogP contribution is -2.59. The molecule has 0 saturated carbocycles. The van der Waals surface area contributed by atoms with Crippen molar-refractivity contribution in [3.05, 3.63) is 30.1 Å². The zero-order valence-electron chi connectivity index (χ0n) is 11.6. The lowest BCUT2D eigenvalue weighted by atomic mass is 10.1. The number of carbonyl (C=O) groups excluding carboxylic acids is 1. The van der Waals surface area contributed by atoms with Crippen LogP contribution in [0.15, 0.2) is 24.5 Å². The highest BCUT2D eigenvalue weighted by Gasteiger charge is 2.32. The quantitative estimate of drug-likeness (QED) is 0.856. The number of nitrogens with zero attached hydrogens (tertiary/aromatic N) is 3. The maximum absolute atomic E-state index is 11.6. The van der Waals surface area contributed by atoms with E-state index < -0.39 is 0 Å². The van der Waals surface area contributed by atoms with Crippen LogP contribution in [0.1, 0.15) is 19.4 Å². The molecule has 1 saturated heterocycles. The minimum atomic E-state index is -0.229. The Morgan fingerprint density at radius 1 is 1.42 bits per heavy atom. The van der Waals surface area contributed by atoms with Crippen LogP contribution >= 0.6 is 0 Å². The molecule has 104 valence electrons. The number of nitrogens with two attached hydrogens (primary N) is 1. The fraction of sp³-hybridized carbons (Fsp3) is 0.571. The average molecular weight is 262 g/mol. The summed E-state index contributed by atoms with van der Waals surface area (Å²) < 4.78 is 0. The molecule has 19 heavy (non-hydrogen) atoms. The Labute approximate surface area is 114 Å². The smallest absolute Gasteiger partial charge is 0.236 e. The largest absolute Gasteiger partial charge is 0.368 e. The number of hydrogen-bond donors (Lipinski definition) is 1. The van der Waals surface area contributed by atoms with Crippen molar-refractivity contribution in [3.63, 3.8) is 0 Å². The molecule has 0 spiro atoms. The average Bonchev–Trinajstić information content (AvgIpc) is 2.39. The van der Waals surface area contributed by atoms with Crippen molar-refractivity contribution in [1.29, 1.82) is 0 Å². The summed E-state index contributed by atoms with van der Waals surface area (Å²) in [6.45, 7) is 7.61. The molecule has 2 N–H and O–H groups in total. The van der Waals surface area contributed by atoms with Crippen LogP contribution in [0, 0.1) is 0 Å². The molecule has 5 nitrogen and oxygen atoms in total. The van der Waals surface area contributed by atoms with Crippen molar-refractivity contribution in [1.82, 2.24) is 14.8 Å². The van der Waals surface area contributed by atoms with Crippen LogP contribution in [0.3, 0.4) is 0 Å². The van der Waals surface area contributed by atoms with E-state index in [0.29, 0.717) is 12.6 Å². The molecule has 0 radical (unpaired) electrons. The SMILES string of the molecule is CC(C)N1CCN(Cc2ccncc2)C[C@H]1C(N)=O. The predicted molar refractivity (Wildman–Crippen MR) is 74.3 cm³/mol. The number of primary amides is 1. The van der Waals surface area contributed by atoms with Gasteiger partial charge in [-0.05, 0) is 31.5 Å². The van der Waals surface area contributed by atoms with E-state index in [1.807, 2.05) is 12.1 Å². The number of amides is 1. The molecule has 0 bridgehead atoms. The van der Waals surface area contributed by atoms with E-state index in [0.717, 1.165) is 19.6 Å². The van der Waals surface area contributed by atoms with Gasteiger partial charge in [-0.1, -0.05) is 0 Å². The van der Waals surface area contributed by atoms with Gasteiger partial charge in [-0.25, -0.2) is 0 Å². The molecule has 1 amide bonds. The summed E-state index contributed by atoms with van der Waals surface area (Å²) in [5.41, 5.74) is 6.75. The van der Waals surface area contributed by atoms with Crippen molar-refractivity contribution in [2.75, 3.05) is 19.6 Å². The van der Waals surface area contributed by atoms with Gasteiger partial charge in [-0.2, -0.15) is 0 Å². The normalized spacial score (nSPS) is 21.7. The summed E-state index contributed by atoms with van der Waals surface area (Å²) >= 11 is 0. The Hall–Kier alpha value is -1.46. The zero-order valence-corrected chi connectivity index (χ0v) is 11.6. The fourth-order valence-corrected chi connectivity index (χ4v) is 2.61. The summed E-state index contributed by atoms with van der Waals surface area (Å²) in [7, 11) is 0. The van der Waals surface area contributed by atoms with E-state index in [9.17, 15) is 4.79 Å². The summed E-state index contributed by atoms with van der Waals surface area (Å²) in [4.78, 5) is 20.1. The summed E-state index contributed by atoms with van der Waals surface area (Å²) in [5, 5.41) is 0. The second kappa shape index (κ2) is 6.12. The maximum atomic E-state index is 11.6. The van der Waals surface area contributed by atoms with E-state index in [4.69, 9.17) is 5.73 Å². The predicted octanol–water partition coefficient (Wildman–Crippen LogP) is 0.462. The summed E-state index contributed by atoms with van der Waals surface area (Å²) in [6.07, 6.45) is 3.59. The van der Waals surface area contributed by atoms with Crippen LogP contribution < -0.4 is 5.73 Å². The lowest BCUT2D eigenvalue weighted by molar-refractivity contribution is -0.126. The molecule has 5 heteroatoms. The third-order valence-corrected chi connectivity index (χ3v) is 3.65. The van der Waals surface area contributed by atoms with Crippen LogP contribution in [0.4, 0.5) is 0 Å². The number of aromatic nitrogens is 1. The monoisotopic (exact) mass is 262 g/mol. The highest BCUT2D eigenvalue weighted by atomic mass is 16.1. The van der Waals surface area contributed by atoms with Crippen LogP contribution in [0.25, 0.3) is 0 Å². The molecule has 2 heterocycles. The first-order chi connectivity index (χ1) is 9.08. The summed E-state index contributed by atoms with van der Waals surface area (Å²) in [5.74, 6) is -0.229. The first-order valence-corrected chi connectivity index (χ1v) is 6.74. The molecular formula is C14H22N4O. The van der Waals surface area contributed by atoms with Crippen molar-refractivity contribution in [2.45, 2.75) is 32.5 Å². The highest BCUT2D eigenvalue weighted by Crippen LogP contribution is 2.15. The van der Waals surface area contributed by atoms with E-state index in [2.05, 4.69) is 28.6 Å². The van der Waals surface area contributed by atoms with Gasteiger partial charge < -0.3 is 5.73 Å². The van der Waals surface area contributed by atoms with Crippen LogP contribution in [0.5, 0.6) is 0 Å².